The highest BCUT2D eigenvalue weighted by atomic mass is 19.1. The third-order valence-corrected chi connectivity index (χ3v) is 8.13. The van der Waals surface area contributed by atoms with Crippen molar-refractivity contribution in [1.82, 2.24) is 30.0 Å². The van der Waals surface area contributed by atoms with Crippen LogP contribution in [-0.4, -0.2) is 80.5 Å². The molecule has 1 amide bonds. The smallest absolute Gasteiger partial charge is 0.497 e. The van der Waals surface area contributed by atoms with Gasteiger partial charge in [0.15, 0.2) is 17.4 Å². The minimum absolute atomic E-state index is 0.0693. The van der Waals surface area contributed by atoms with Crippen molar-refractivity contribution >= 4 is 17.9 Å². The lowest BCUT2D eigenvalue weighted by Crippen LogP contribution is -2.30. The predicted octanol–water partition coefficient (Wildman–Crippen LogP) is 5.77. The molecule has 0 saturated carbocycles. The molecule has 288 valence electrons. The third-order valence-electron chi connectivity index (χ3n) is 8.13. The third kappa shape index (κ3) is 10.6. The molecule has 1 unspecified atom stereocenters. The summed E-state index contributed by atoms with van der Waals surface area (Å²) >= 11 is 0. The van der Waals surface area contributed by atoms with Gasteiger partial charge in [-0.25, -0.2) is 19.2 Å². The number of nitrogens with zero attached hydrogens (tertiary/aromatic N) is 5. The number of amidine groups is 1. The predicted molar refractivity (Wildman–Crippen MR) is 197 cm³/mol. The van der Waals surface area contributed by atoms with Crippen LogP contribution >= 0.6 is 0 Å². The number of rotatable bonds is 17. The number of amides is 1. The van der Waals surface area contributed by atoms with Gasteiger partial charge in [-0.2, -0.15) is 4.98 Å². The fraction of sp³-hybridized carbons (Fsp3) is 0.308. The van der Waals surface area contributed by atoms with E-state index in [0.717, 1.165) is 6.42 Å². The standard InChI is InChI=1S/C39H42FN7O8/c1-5-10-24(2)53-39(50)55-25(3)54-38-45-35(46-47(38)37-42-17-9-18-43-37)31(30-22-29(51-4)23-32(33(30)40)52-20-19-48)21-26-13-15-27(16-14-26)34(41)44-36(49)28-11-7-6-8-12-28/h6-9,11-18,22-25,31,48H,5,10,19-21H2,1-4H3,(H2,41,44,49)/t24-,25?,31-/m1/s1. The van der Waals surface area contributed by atoms with Crippen molar-refractivity contribution in [2.45, 2.75) is 58.3 Å². The maximum absolute atomic E-state index is 16.4. The highest BCUT2D eigenvalue weighted by molar-refractivity contribution is 6.11. The zero-order valence-electron chi connectivity index (χ0n) is 30.8. The Morgan fingerprint density at radius 1 is 0.982 bits per heavy atom. The molecule has 3 aromatic carbocycles. The zero-order valence-corrected chi connectivity index (χ0v) is 30.8. The van der Waals surface area contributed by atoms with E-state index in [0.29, 0.717) is 23.1 Å². The van der Waals surface area contributed by atoms with Crippen molar-refractivity contribution < 1.29 is 42.8 Å². The van der Waals surface area contributed by atoms with Gasteiger partial charge in [0.2, 0.25) is 6.29 Å². The van der Waals surface area contributed by atoms with Gasteiger partial charge in [0.25, 0.3) is 11.9 Å². The van der Waals surface area contributed by atoms with Crippen LogP contribution in [0.15, 0.2) is 85.2 Å². The summed E-state index contributed by atoms with van der Waals surface area (Å²) < 4.78 is 45.2. The number of aliphatic hydroxyl groups excluding tert-OH is 1. The SMILES string of the molecule is CCC[C@@H](C)OC(=O)OC(C)Oc1nc([C@H](Cc2ccc(C(=N)NC(=O)c3ccccc3)cc2)c2cc(OC)cc(OCCO)c2F)nn1-c1ncccn1. The Kier molecular flexibility index (Phi) is 13.8. The Labute approximate surface area is 316 Å². The van der Waals surface area contributed by atoms with Crippen LogP contribution in [0.4, 0.5) is 9.18 Å². The summed E-state index contributed by atoms with van der Waals surface area (Å²) in [4.78, 5) is 38.3. The van der Waals surface area contributed by atoms with E-state index < -0.39 is 30.1 Å². The summed E-state index contributed by atoms with van der Waals surface area (Å²) in [5.74, 6) is -1.95. The molecule has 0 aliphatic heterocycles. The van der Waals surface area contributed by atoms with Crippen molar-refractivity contribution in [3.8, 4) is 23.5 Å². The van der Waals surface area contributed by atoms with Crippen LogP contribution < -0.4 is 19.5 Å². The lowest BCUT2D eigenvalue weighted by atomic mass is 9.90. The molecule has 16 heteroatoms. The van der Waals surface area contributed by atoms with Gasteiger partial charge in [0.1, 0.15) is 24.3 Å². The maximum atomic E-state index is 16.4. The Hall–Kier alpha value is -6.42. The molecule has 0 aliphatic carbocycles. The van der Waals surface area contributed by atoms with Crippen molar-refractivity contribution in [3.05, 3.63) is 119 Å². The van der Waals surface area contributed by atoms with Gasteiger partial charge < -0.3 is 34.1 Å². The number of carbonyl (C=O) groups is 2. The van der Waals surface area contributed by atoms with Crippen molar-refractivity contribution in [1.29, 1.82) is 5.41 Å². The average molecular weight is 756 g/mol. The molecular formula is C39H42FN7O8. The number of hydrogen-bond acceptors (Lipinski definition) is 13. The zero-order chi connectivity index (χ0) is 39.3. The number of nitrogens with one attached hydrogen (secondary N) is 2. The Morgan fingerprint density at radius 3 is 2.38 bits per heavy atom. The molecule has 0 saturated heterocycles. The van der Waals surface area contributed by atoms with Crippen molar-refractivity contribution in [2.24, 2.45) is 0 Å². The van der Waals surface area contributed by atoms with Gasteiger partial charge in [0, 0.05) is 42.1 Å². The molecule has 55 heavy (non-hydrogen) atoms. The molecule has 2 aromatic heterocycles. The van der Waals surface area contributed by atoms with E-state index in [-0.39, 0.29) is 66.4 Å². The summed E-state index contributed by atoms with van der Waals surface area (Å²) in [5, 5.41) is 25.1. The number of benzene rings is 3. The van der Waals surface area contributed by atoms with Gasteiger partial charge in [-0.15, -0.1) is 9.78 Å². The first-order valence-corrected chi connectivity index (χ1v) is 17.5. The second kappa shape index (κ2) is 19.1. The summed E-state index contributed by atoms with van der Waals surface area (Å²) in [7, 11) is 1.42. The number of hydrogen-bond donors (Lipinski definition) is 3. The molecule has 2 heterocycles. The van der Waals surface area contributed by atoms with Gasteiger partial charge in [-0.3, -0.25) is 10.2 Å². The minimum Gasteiger partial charge on any atom is -0.497 e. The van der Waals surface area contributed by atoms with E-state index in [1.54, 1.807) is 67.6 Å². The van der Waals surface area contributed by atoms with E-state index in [9.17, 15) is 14.7 Å². The second-order valence-electron chi connectivity index (χ2n) is 12.2. The first-order chi connectivity index (χ1) is 26.6. The molecule has 5 aromatic rings. The number of methoxy groups -OCH3 is 1. The van der Waals surface area contributed by atoms with Crippen LogP contribution in [0.3, 0.4) is 0 Å². The van der Waals surface area contributed by atoms with Gasteiger partial charge in [-0.05, 0) is 49.6 Å². The topological polar surface area (TPSA) is 193 Å². The van der Waals surface area contributed by atoms with Crippen LogP contribution in [0, 0.1) is 11.2 Å². The fourth-order valence-corrected chi connectivity index (χ4v) is 5.49. The Balaban J connectivity index is 1.51. The van der Waals surface area contributed by atoms with Gasteiger partial charge in [0.05, 0.1) is 19.6 Å². The molecule has 3 atom stereocenters. The number of ether oxygens (including phenoxy) is 5. The lowest BCUT2D eigenvalue weighted by molar-refractivity contribution is -0.0675. The first kappa shape index (κ1) is 39.8. The molecular weight excluding hydrogens is 713 g/mol. The molecule has 0 radical (unpaired) electrons. The summed E-state index contributed by atoms with van der Waals surface area (Å²) in [5.41, 5.74) is 1.63. The highest BCUT2D eigenvalue weighted by Crippen LogP contribution is 2.37. The quantitative estimate of drug-likeness (QED) is 0.0450. The van der Waals surface area contributed by atoms with Gasteiger partial charge >= 0.3 is 12.2 Å². The second-order valence-corrected chi connectivity index (χ2v) is 12.2. The average Bonchev–Trinajstić information content (AvgIpc) is 3.60. The van der Waals surface area contributed by atoms with Crippen molar-refractivity contribution in [2.75, 3.05) is 20.3 Å². The lowest BCUT2D eigenvalue weighted by Gasteiger charge is -2.19. The molecule has 15 nitrogen and oxygen atoms in total. The minimum atomic E-state index is -1.20. The molecule has 0 bridgehead atoms. The molecule has 3 N–H and O–H groups in total. The number of aliphatic hydroxyl groups is 1. The van der Waals surface area contributed by atoms with E-state index in [2.05, 4.69) is 25.4 Å². The molecule has 0 aliphatic rings. The van der Waals surface area contributed by atoms with Gasteiger partial charge in [-0.1, -0.05) is 55.8 Å². The Bertz CT molecular complexity index is 2050. The van der Waals surface area contributed by atoms with Crippen molar-refractivity contribution in [3.63, 3.8) is 0 Å². The van der Waals surface area contributed by atoms with E-state index >= 15 is 4.39 Å². The van der Waals surface area contributed by atoms with E-state index in [4.69, 9.17) is 29.1 Å². The van der Waals surface area contributed by atoms with Crippen LogP contribution in [0.5, 0.6) is 17.5 Å². The number of halogens is 1. The van der Waals surface area contributed by atoms with Crippen LogP contribution in [-0.2, 0) is 15.9 Å². The fourth-order valence-electron chi connectivity index (χ4n) is 5.49. The summed E-state index contributed by atoms with van der Waals surface area (Å²) in [6.45, 7) is 4.68. The summed E-state index contributed by atoms with van der Waals surface area (Å²) in [6, 6.07) is 19.7. The molecule has 0 fully saturated rings. The monoisotopic (exact) mass is 755 g/mol. The van der Waals surface area contributed by atoms with E-state index in [1.807, 2.05) is 6.92 Å². The number of carbonyl (C=O) groups excluding carboxylic acids is 2. The highest BCUT2D eigenvalue weighted by Gasteiger charge is 2.30. The van der Waals surface area contributed by atoms with Crippen LogP contribution in [0.1, 0.15) is 72.4 Å². The maximum Gasteiger partial charge on any atom is 0.511 e. The van der Waals surface area contributed by atoms with Crippen LogP contribution in [0.25, 0.3) is 5.95 Å². The van der Waals surface area contributed by atoms with Crippen LogP contribution in [0.2, 0.25) is 0 Å². The first-order valence-electron chi connectivity index (χ1n) is 17.5. The largest absolute Gasteiger partial charge is 0.511 e. The normalized spacial score (nSPS) is 12.5. The Morgan fingerprint density at radius 2 is 1.71 bits per heavy atom. The van der Waals surface area contributed by atoms with E-state index in [1.165, 1.54) is 43.2 Å². The molecule has 5 rings (SSSR count). The molecule has 0 spiro atoms. The summed E-state index contributed by atoms with van der Waals surface area (Å²) in [6.07, 6.45) is 2.06. The number of aromatic nitrogens is 5.